The van der Waals surface area contributed by atoms with E-state index in [1.807, 2.05) is 18.2 Å². The summed E-state index contributed by atoms with van der Waals surface area (Å²) in [5.41, 5.74) is 0.764. The summed E-state index contributed by atoms with van der Waals surface area (Å²) in [4.78, 5) is 13.5. The van der Waals surface area contributed by atoms with E-state index < -0.39 is 34.6 Å². The topological polar surface area (TPSA) is 78.1 Å². The number of carbonyl (C=O) groups excluding carboxylic acids is 1. The van der Waals surface area contributed by atoms with Crippen molar-refractivity contribution in [3.63, 3.8) is 0 Å². The number of nitrogens with zero attached hydrogens (tertiary/aromatic N) is 1. The number of Topliss-reactive ketones (excluding diaryl/α,β-unsaturated/α-hetero) is 1. The van der Waals surface area contributed by atoms with Gasteiger partial charge in [0.2, 0.25) is 0 Å². The number of aryl methyl sites for hydroxylation is 1. The molecular formula is C28H27F4NO4S. The van der Waals surface area contributed by atoms with E-state index in [1.54, 1.807) is 22.5 Å². The minimum atomic E-state index is -4.38. The first-order chi connectivity index (χ1) is 17.7. The number of carbonyl (C=O) groups is 1. The molecule has 1 aliphatic rings. The third-order valence-electron chi connectivity index (χ3n) is 6.00. The third-order valence-corrected chi connectivity index (χ3v) is 7.51. The van der Waals surface area contributed by atoms with Gasteiger partial charge >= 0.3 is 6.18 Å². The summed E-state index contributed by atoms with van der Waals surface area (Å²) in [6.07, 6.45) is 0.513. The summed E-state index contributed by atoms with van der Waals surface area (Å²) in [5.74, 6) is 0.0814. The summed E-state index contributed by atoms with van der Waals surface area (Å²) in [6, 6.07) is 16.9. The lowest BCUT2D eigenvalue weighted by Crippen LogP contribution is -2.44. The van der Waals surface area contributed by atoms with Gasteiger partial charge in [0.15, 0.2) is 5.78 Å². The van der Waals surface area contributed by atoms with Crippen molar-refractivity contribution in [2.24, 2.45) is 0 Å². The van der Waals surface area contributed by atoms with Gasteiger partial charge in [0.25, 0.3) is 0 Å². The molecule has 1 aliphatic heterocycles. The van der Waals surface area contributed by atoms with Gasteiger partial charge in [0, 0.05) is 13.0 Å². The molecule has 0 saturated heterocycles. The van der Waals surface area contributed by atoms with Crippen molar-refractivity contribution < 1.29 is 36.8 Å². The fourth-order valence-electron chi connectivity index (χ4n) is 3.99. The molecule has 2 N–H and O–H groups in total. The van der Waals surface area contributed by atoms with Gasteiger partial charge in [0.05, 0.1) is 16.5 Å². The van der Waals surface area contributed by atoms with Crippen molar-refractivity contribution in [2.45, 2.75) is 43.0 Å². The average molecular weight is 550 g/mol. The summed E-state index contributed by atoms with van der Waals surface area (Å²) < 4.78 is 71.8. The van der Waals surface area contributed by atoms with Crippen LogP contribution in [-0.4, -0.2) is 32.4 Å². The summed E-state index contributed by atoms with van der Waals surface area (Å²) >= 11 is 0. The monoisotopic (exact) mass is 549 g/mol. The molecule has 0 saturated carbocycles. The quantitative estimate of drug-likeness (QED) is 0.263. The van der Waals surface area contributed by atoms with Crippen LogP contribution in [0.4, 0.5) is 17.6 Å². The van der Waals surface area contributed by atoms with E-state index in [-0.39, 0.29) is 24.3 Å². The van der Waals surface area contributed by atoms with Crippen molar-refractivity contribution in [2.75, 3.05) is 6.54 Å². The first-order valence-electron chi connectivity index (χ1n) is 11.7. The first kappa shape index (κ1) is 29.2. The lowest BCUT2D eigenvalue weighted by atomic mass is 9.99. The second kappa shape index (κ2) is 12.9. The van der Waals surface area contributed by atoms with Gasteiger partial charge < -0.3 is 10.2 Å². The number of halogens is 4. The molecule has 4 rings (SSSR count). The minimum absolute atomic E-state index is 0. The Morgan fingerprint density at radius 1 is 0.974 bits per heavy atom. The lowest BCUT2D eigenvalue weighted by Gasteiger charge is -2.30. The Morgan fingerprint density at radius 3 is 2.37 bits per heavy atom. The largest absolute Gasteiger partial charge is 0.489 e. The van der Waals surface area contributed by atoms with E-state index in [4.69, 9.17) is 4.74 Å². The maximum absolute atomic E-state index is 13.3. The van der Waals surface area contributed by atoms with Crippen LogP contribution in [0.2, 0.25) is 0 Å². The Hall–Kier alpha value is -3.34. The molecule has 0 amide bonds. The molecule has 38 heavy (non-hydrogen) atoms. The molecule has 1 heterocycles. The van der Waals surface area contributed by atoms with Crippen LogP contribution in [0.3, 0.4) is 0 Å². The Balaban J connectivity index is 0.00000400. The van der Waals surface area contributed by atoms with Crippen LogP contribution in [0.15, 0.2) is 89.8 Å². The zero-order valence-corrected chi connectivity index (χ0v) is 21.1. The highest BCUT2D eigenvalue weighted by Crippen LogP contribution is 2.29. The molecule has 0 spiro atoms. The molecule has 3 aromatic rings. The number of alkyl halides is 3. The molecule has 3 aromatic carbocycles. The molecular weight excluding hydrogens is 522 g/mol. The van der Waals surface area contributed by atoms with Crippen LogP contribution in [0.25, 0.3) is 0 Å². The van der Waals surface area contributed by atoms with E-state index in [1.165, 1.54) is 36.4 Å². The maximum atomic E-state index is 13.3. The van der Waals surface area contributed by atoms with E-state index in [0.717, 1.165) is 17.7 Å². The van der Waals surface area contributed by atoms with Crippen molar-refractivity contribution >= 4 is 16.8 Å². The van der Waals surface area contributed by atoms with Gasteiger partial charge in [0.1, 0.15) is 29.2 Å². The molecule has 1 unspecified atom stereocenters. The molecule has 5 nitrogen and oxygen atoms in total. The fourth-order valence-corrected chi connectivity index (χ4v) is 5.29. The highest BCUT2D eigenvalue weighted by atomic mass is 32.2. The summed E-state index contributed by atoms with van der Waals surface area (Å²) in [6.45, 7) is 0.465. The van der Waals surface area contributed by atoms with Crippen molar-refractivity contribution in [3.8, 4) is 5.75 Å². The van der Waals surface area contributed by atoms with Crippen molar-refractivity contribution in [1.29, 1.82) is 0 Å². The van der Waals surface area contributed by atoms with Gasteiger partial charge in [-0.2, -0.15) is 13.2 Å². The highest BCUT2D eigenvalue weighted by molar-refractivity contribution is 7.82. The molecule has 0 aromatic heterocycles. The van der Waals surface area contributed by atoms with E-state index in [9.17, 15) is 26.6 Å². The minimum Gasteiger partial charge on any atom is -0.489 e. The number of rotatable bonds is 9. The number of benzene rings is 3. The molecule has 0 aliphatic carbocycles. The van der Waals surface area contributed by atoms with E-state index in [2.05, 4.69) is 0 Å². The Morgan fingerprint density at radius 2 is 1.68 bits per heavy atom. The predicted octanol–water partition coefficient (Wildman–Crippen LogP) is 5.45. The van der Waals surface area contributed by atoms with Crippen LogP contribution in [0.1, 0.15) is 29.5 Å². The van der Waals surface area contributed by atoms with Gasteiger partial charge in [-0.3, -0.25) is 4.79 Å². The second-order valence-electron chi connectivity index (χ2n) is 8.62. The van der Waals surface area contributed by atoms with Crippen LogP contribution in [-0.2, 0) is 35.0 Å². The van der Waals surface area contributed by atoms with Gasteiger partial charge in [-0.25, -0.2) is 12.9 Å². The van der Waals surface area contributed by atoms with Crippen molar-refractivity contribution in [3.05, 3.63) is 107 Å². The molecule has 2 atom stereocenters. The molecule has 10 heteroatoms. The lowest BCUT2D eigenvalue weighted by molar-refractivity contribution is -0.137. The Kier molecular flexibility index (Phi) is 9.96. The van der Waals surface area contributed by atoms with Crippen LogP contribution < -0.4 is 4.74 Å². The molecule has 0 radical (unpaired) electrons. The Bertz CT molecular complexity index is 1280. The zero-order chi connectivity index (χ0) is 26.4. The fraction of sp³-hybridized carbons (Fsp3) is 0.250. The predicted molar refractivity (Wildman–Crippen MR) is 136 cm³/mol. The molecule has 0 bridgehead atoms. The highest BCUT2D eigenvalue weighted by Gasteiger charge is 2.31. The normalized spacial score (nSPS) is 16.5. The number of hydrogen-bond donors (Lipinski definition) is 0. The van der Waals surface area contributed by atoms with Gasteiger partial charge in [-0.15, -0.1) is 0 Å². The maximum Gasteiger partial charge on any atom is 0.416 e. The second-order valence-corrected chi connectivity index (χ2v) is 10.1. The number of ketones is 1. The summed E-state index contributed by atoms with van der Waals surface area (Å²) in [5, 5.41) is 0. The summed E-state index contributed by atoms with van der Waals surface area (Å²) in [7, 11) is -1.60. The standard InChI is InChI=1S/C28H25F4NO3S.H2O/c29-23-12-14-25(15-13-23)37(35)33-17-2-1-6-26(33)27(34)16-9-20-4-3-5-24(18-20)36-19-21-7-10-22(11-8-21)28(30,31)32;/h1-5,7-8,10-15,18,26H,6,9,16-17,19H2;1H2/t26-,37?;/m0./s1. The third kappa shape index (κ3) is 7.59. The average Bonchev–Trinajstić information content (AvgIpc) is 2.90. The van der Waals surface area contributed by atoms with Crippen LogP contribution >= 0.6 is 0 Å². The number of hydrogen-bond acceptors (Lipinski definition) is 3. The van der Waals surface area contributed by atoms with E-state index >= 15 is 0 Å². The first-order valence-corrected chi connectivity index (χ1v) is 12.8. The van der Waals surface area contributed by atoms with Crippen LogP contribution in [0.5, 0.6) is 5.75 Å². The van der Waals surface area contributed by atoms with E-state index in [0.29, 0.717) is 35.6 Å². The van der Waals surface area contributed by atoms with Gasteiger partial charge in [-0.05, 0) is 72.5 Å². The zero-order valence-electron chi connectivity index (χ0n) is 20.3. The molecule has 0 fully saturated rings. The molecule has 202 valence electrons. The SMILES string of the molecule is O.O=C(CCc1cccc(OCc2ccc(C(F)(F)F)cc2)c1)[C@@H]1CC=CCN1S(=O)c1ccc(F)cc1. The van der Waals surface area contributed by atoms with Gasteiger partial charge in [-0.1, -0.05) is 36.4 Å². The van der Waals surface area contributed by atoms with Crippen LogP contribution in [0, 0.1) is 5.82 Å². The van der Waals surface area contributed by atoms with Crippen molar-refractivity contribution in [1.82, 2.24) is 4.31 Å². The number of ether oxygens (including phenoxy) is 1. The smallest absolute Gasteiger partial charge is 0.416 e. The Labute approximate surface area is 220 Å².